The third-order valence-corrected chi connectivity index (χ3v) is 4.90. The molecule has 3 aromatic heterocycles. The van der Waals surface area contributed by atoms with E-state index in [0.717, 1.165) is 42.9 Å². The van der Waals surface area contributed by atoms with E-state index in [-0.39, 0.29) is 0 Å². The Labute approximate surface area is 133 Å². The number of aromatic nitrogens is 7. The number of rotatable bonds is 3. The highest BCUT2D eigenvalue weighted by molar-refractivity contribution is 5.82. The third kappa shape index (κ3) is 2.16. The maximum atomic E-state index is 4.46. The molecule has 3 aromatic rings. The van der Waals surface area contributed by atoms with Crippen molar-refractivity contribution in [2.24, 2.45) is 0 Å². The van der Waals surface area contributed by atoms with Gasteiger partial charge in [-0.1, -0.05) is 0 Å². The zero-order chi connectivity index (χ0) is 15.2. The van der Waals surface area contributed by atoms with Crippen molar-refractivity contribution in [3.63, 3.8) is 0 Å². The number of piperidine rings is 1. The zero-order valence-electron chi connectivity index (χ0n) is 12.8. The highest BCUT2D eigenvalue weighted by Crippen LogP contribution is 2.38. The van der Waals surface area contributed by atoms with Gasteiger partial charge in [-0.15, -0.1) is 10.2 Å². The number of imidazole rings is 1. The van der Waals surface area contributed by atoms with E-state index in [4.69, 9.17) is 0 Å². The van der Waals surface area contributed by atoms with Crippen molar-refractivity contribution in [2.75, 3.05) is 18.0 Å². The molecular weight excluding hydrogens is 292 g/mol. The molecule has 0 bridgehead atoms. The molecule has 8 nitrogen and oxygen atoms in total. The fraction of sp³-hybridized carbons (Fsp3) is 0.533. The van der Waals surface area contributed by atoms with E-state index in [1.54, 1.807) is 12.7 Å². The van der Waals surface area contributed by atoms with Gasteiger partial charge in [0, 0.05) is 25.0 Å². The highest BCUT2D eigenvalue weighted by atomic mass is 15.3. The van der Waals surface area contributed by atoms with Crippen LogP contribution in [0, 0.1) is 0 Å². The van der Waals surface area contributed by atoms with E-state index >= 15 is 0 Å². The van der Waals surface area contributed by atoms with Gasteiger partial charge in [0.1, 0.15) is 24.0 Å². The molecule has 4 heterocycles. The molecule has 0 radical (unpaired) electrons. The Hall–Kier alpha value is -2.51. The van der Waals surface area contributed by atoms with Crippen LogP contribution in [0.25, 0.3) is 11.2 Å². The topological polar surface area (TPSA) is 88.4 Å². The molecule has 5 rings (SSSR count). The fourth-order valence-electron chi connectivity index (χ4n) is 3.52. The molecule has 0 aromatic carbocycles. The summed E-state index contributed by atoms with van der Waals surface area (Å²) in [7, 11) is 0. The van der Waals surface area contributed by atoms with Crippen LogP contribution >= 0.6 is 0 Å². The van der Waals surface area contributed by atoms with Crippen LogP contribution in [0.4, 0.5) is 5.82 Å². The van der Waals surface area contributed by atoms with Gasteiger partial charge in [-0.2, -0.15) is 0 Å². The quantitative estimate of drug-likeness (QED) is 0.791. The Kier molecular flexibility index (Phi) is 2.82. The summed E-state index contributed by atoms with van der Waals surface area (Å²) in [5, 5.41) is 8.53. The fourth-order valence-corrected chi connectivity index (χ4v) is 3.52. The van der Waals surface area contributed by atoms with Crippen molar-refractivity contribution < 1.29 is 0 Å². The van der Waals surface area contributed by atoms with Gasteiger partial charge in [-0.05, 0) is 25.7 Å². The van der Waals surface area contributed by atoms with Crippen molar-refractivity contribution in [1.29, 1.82) is 0 Å². The summed E-state index contributed by atoms with van der Waals surface area (Å²) >= 11 is 0. The molecule has 1 aliphatic carbocycles. The van der Waals surface area contributed by atoms with Gasteiger partial charge < -0.3 is 14.5 Å². The summed E-state index contributed by atoms with van der Waals surface area (Å²) in [6.45, 7) is 1.93. The molecular formula is C15H18N8. The number of H-pyrrole nitrogens is 1. The Balaban J connectivity index is 1.36. The van der Waals surface area contributed by atoms with Crippen LogP contribution in [0.1, 0.15) is 43.5 Å². The lowest BCUT2D eigenvalue weighted by Crippen LogP contribution is -2.34. The SMILES string of the molecule is c1nc(N2CCC(c3nncn3C3CC3)CC2)c2[nH]cnc2n1. The van der Waals surface area contributed by atoms with Gasteiger partial charge in [-0.3, -0.25) is 0 Å². The normalized spacial score (nSPS) is 19.6. The molecule has 0 atom stereocenters. The lowest BCUT2D eigenvalue weighted by molar-refractivity contribution is 0.464. The van der Waals surface area contributed by atoms with Gasteiger partial charge in [0.15, 0.2) is 11.5 Å². The molecule has 1 N–H and O–H groups in total. The molecule has 0 spiro atoms. The highest BCUT2D eigenvalue weighted by Gasteiger charge is 2.31. The monoisotopic (exact) mass is 310 g/mol. The largest absolute Gasteiger partial charge is 0.355 e. The van der Waals surface area contributed by atoms with Gasteiger partial charge in [0.25, 0.3) is 0 Å². The van der Waals surface area contributed by atoms with Gasteiger partial charge in [0.05, 0.1) is 6.33 Å². The predicted molar refractivity (Wildman–Crippen MR) is 84.2 cm³/mol. The summed E-state index contributed by atoms with van der Waals surface area (Å²) in [4.78, 5) is 18.3. The first-order valence-corrected chi connectivity index (χ1v) is 8.18. The number of fused-ring (bicyclic) bond motifs is 1. The molecule has 118 valence electrons. The van der Waals surface area contributed by atoms with Crippen LogP contribution in [0.2, 0.25) is 0 Å². The second kappa shape index (κ2) is 5.00. The average molecular weight is 310 g/mol. The molecule has 0 amide bonds. The Morgan fingerprint density at radius 2 is 1.91 bits per heavy atom. The minimum atomic E-state index is 0.494. The van der Waals surface area contributed by atoms with Crippen LogP contribution in [-0.4, -0.2) is 47.8 Å². The molecule has 8 heteroatoms. The van der Waals surface area contributed by atoms with Crippen LogP contribution in [0.15, 0.2) is 19.0 Å². The van der Waals surface area contributed by atoms with Crippen LogP contribution in [0.5, 0.6) is 0 Å². The Morgan fingerprint density at radius 3 is 2.74 bits per heavy atom. The summed E-state index contributed by atoms with van der Waals surface area (Å²) in [5.74, 6) is 2.62. The third-order valence-electron chi connectivity index (χ3n) is 4.90. The first kappa shape index (κ1) is 13.0. The number of hydrogen-bond donors (Lipinski definition) is 1. The smallest absolute Gasteiger partial charge is 0.182 e. The minimum absolute atomic E-state index is 0.494. The number of nitrogens with zero attached hydrogens (tertiary/aromatic N) is 7. The number of anilines is 1. The van der Waals surface area contributed by atoms with Crippen LogP contribution in [-0.2, 0) is 0 Å². The lowest BCUT2D eigenvalue weighted by atomic mass is 9.96. The molecule has 2 aliphatic rings. The maximum Gasteiger partial charge on any atom is 0.182 e. The predicted octanol–water partition coefficient (Wildman–Crippen LogP) is 1.66. The number of nitrogens with one attached hydrogen (secondary N) is 1. The molecule has 0 unspecified atom stereocenters. The van der Waals surface area contributed by atoms with Gasteiger partial charge in [0.2, 0.25) is 0 Å². The standard InChI is InChI=1S/C15H18N8/c1-2-11(1)23-9-20-21-14(23)10-3-5-22(6-4-10)15-12-13(17-7-16-12)18-8-19-15/h7-11H,1-6H2,(H,16,17,18,19). The van der Waals surface area contributed by atoms with E-state index in [9.17, 15) is 0 Å². The van der Waals surface area contributed by atoms with Crippen molar-refractivity contribution in [3.8, 4) is 0 Å². The van der Waals surface area contributed by atoms with Crippen LogP contribution < -0.4 is 4.90 Å². The first-order chi connectivity index (χ1) is 11.4. The van der Waals surface area contributed by atoms with E-state index in [0.29, 0.717) is 12.0 Å². The maximum absolute atomic E-state index is 4.46. The molecule has 23 heavy (non-hydrogen) atoms. The molecule has 1 saturated carbocycles. The average Bonchev–Trinajstić information content (AvgIpc) is 3.12. The van der Waals surface area contributed by atoms with E-state index < -0.39 is 0 Å². The summed E-state index contributed by atoms with van der Waals surface area (Å²) in [5.41, 5.74) is 1.65. The van der Waals surface area contributed by atoms with Gasteiger partial charge in [-0.25, -0.2) is 15.0 Å². The second-order valence-electron chi connectivity index (χ2n) is 6.39. The summed E-state index contributed by atoms with van der Waals surface area (Å²) in [6, 6.07) is 0.643. The Morgan fingerprint density at radius 1 is 1.04 bits per heavy atom. The summed E-state index contributed by atoms with van der Waals surface area (Å²) in [6.07, 6.45) is 9.85. The minimum Gasteiger partial charge on any atom is -0.355 e. The van der Waals surface area contributed by atoms with Crippen molar-refractivity contribution in [2.45, 2.75) is 37.6 Å². The number of hydrogen-bond acceptors (Lipinski definition) is 6. The number of aromatic amines is 1. The van der Waals surface area contributed by atoms with Crippen molar-refractivity contribution in [3.05, 3.63) is 24.8 Å². The molecule has 1 saturated heterocycles. The van der Waals surface area contributed by atoms with Gasteiger partial charge >= 0.3 is 0 Å². The van der Waals surface area contributed by atoms with E-state index in [1.807, 2.05) is 6.33 Å². The second-order valence-corrected chi connectivity index (χ2v) is 6.39. The summed E-state index contributed by atoms with van der Waals surface area (Å²) < 4.78 is 2.29. The lowest BCUT2D eigenvalue weighted by Gasteiger charge is -2.32. The van der Waals surface area contributed by atoms with E-state index in [1.165, 1.54) is 18.7 Å². The van der Waals surface area contributed by atoms with E-state index in [2.05, 4.69) is 39.6 Å². The van der Waals surface area contributed by atoms with Crippen molar-refractivity contribution in [1.82, 2.24) is 34.7 Å². The zero-order valence-corrected chi connectivity index (χ0v) is 12.8. The first-order valence-electron chi connectivity index (χ1n) is 8.18. The molecule has 1 aliphatic heterocycles. The molecule has 2 fully saturated rings. The van der Waals surface area contributed by atoms with Crippen LogP contribution in [0.3, 0.4) is 0 Å². The van der Waals surface area contributed by atoms with Crippen molar-refractivity contribution >= 4 is 17.0 Å². The Bertz CT molecular complexity index is 825.